The Morgan fingerprint density at radius 3 is 2.31 bits per heavy atom. The van der Waals surface area contributed by atoms with Crippen LogP contribution < -0.4 is 9.47 Å². The molecule has 0 aliphatic rings. The number of alkyl halides is 1. The van der Waals surface area contributed by atoms with Gasteiger partial charge in [0.1, 0.15) is 24.7 Å². The molecule has 0 atom stereocenters. The van der Waals surface area contributed by atoms with Gasteiger partial charge in [-0.05, 0) is 66.9 Å². The Morgan fingerprint density at radius 1 is 0.722 bits per heavy atom. The number of halogens is 1. The smallest absolute Gasteiger partial charge is 0.120 e. The molecule has 0 saturated heterocycles. The average Bonchev–Trinajstić information content (AvgIpc) is 3.18. The maximum atomic E-state index is 6.16. The molecule has 0 aliphatic heterocycles. The molecular formula is C32H30ClNO2. The van der Waals surface area contributed by atoms with Crippen molar-refractivity contribution in [1.82, 2.24) is 4.57 Å². The van der Waals surface area contributed by atoms with Gasteiger partial charge in [-0.25, -0.2) is 0 Å². The predicted octanol–water partition coefficient (Wildman–Crippen LogP) is 8.17. The SMILES string of the molecule is Cc1ccc2c(c1)c(C)c(-c1cccc(OCc3ccccc3)c1)n2Cc1ccc(OCCCl)cc1. The zero-order valence-electron chi connectivity index (χ0n) is 20.7. The summed E-state index contributed by atoms with van der Waals surface area (Å²) in [6.45, 7) is 6.17. The number of hydrogen-bond acceptors (Lipinski definition) is 2. The maximum absolute atomic E-state index is 6.16. The van der Waals surface area contributed by atoms with E-state index in [1.807, 2.05) is 36.4 Å². The van der Waals surface area contributed by atoms with Gasteiger partial charge < -0.3 is 14.0 Å². The van der Waals surface area contributed by atoms with Crippen molar-refractivity contribution in [1.29, 1.82) is 0 Å². The first-order valence-electron chi connectivity index (χ1n) is 12.3. The lowest BCUT2D eigenvalue weighted by Gasteiger charge is -2.14. The Morgan fingerprint density at radius 2 is 1.53 bits per heavy atom. The van der Waals surface area contributed by atoms with Gasteiger partial charge in [0.15, 0.2) is 0 Å². The summed E-state index contributed by atoms with van der Waals surface area (Å²) < 4.78 is 14.2. The van der Waals surface area contributed by atoms with Crippen molar-refractivity contribution in [2.24, 2.45) is 0 Å². The largest absolute Gasteiger partial charge is 0.492 e. The first-order valence-corrected chi connectivity index (χ1v) is 12.8. The van der Waals surface area contributed by atoms with Crippen LogP contribution in [-0.2, 0) is 13.2 Å². The molecule has 36 heavy (non-hydrogen) atoms. The maximum Gasteiger partial charge on any atom is 0.120 e. The van der Waals surface area contributed by atoms with E-state index in [4.69, 9.17) is 21.1 Å². The molecule has 1 heterocycles. The van der Waals surface area contributed by atoms with E-state index in [2.05, 4.69) is 79.1 Å². The van der Waals surface area contributed by atoms with Crippen LogP contribution in [-0.4, -0.2) is 17.1 Å². The van der Waals surface area contributed by atoms with Crippen LogP contribution in [0.1, 0.15) is 22.3 Å². The van der Waals surface area contributed by atoms with Gasteiger partial charge >= 0.3 is 0 Å². The summed E-state index contributed by atoms with van der Waals surface area (Å²) in [5.74, 6) is 2.18. The molecule has 3 nitrogen and oxygen atoms in total. The molecule has 0 fully saturated rings. The lowest BCUT2D eigenvalue weighted by Crippen LogP contribution is -2.03. The number of ether oxygens (including phenoxy) is 2. The molecule has 5 rings (SSSR count). The summed E-state index contributed by atoms with van der Waals surface area (Å²) in [7, 11) is 0. The van der Waals surface area contributed by atoms with Crippen LogP contribution in [0.15, 0.2) is 97.1 Å². The van der Waals surface area contributed by atoms with Gasteiger partial charge in [0.05, 0.1) is 11.6 Å². The molecule has 0 saturated carbocycles. The summed E-state index contributed by atoms with van der Waals surface area (Å²) in [6.07, 6.45) is 0. The third-order valence-electron chi connectivity index (χ3n) is 6.44. The third-order valence-corrected chi connectivity index (χ3v) is 6.59. The third kappa shape index (κ3) is 5.27. The number of rotatable bonds is 9. The van der Waals surface area contributed by atoms with E-state index < -0.39 is 0 Å². The Balaban J connectivity index is 1.51. The fraction of sp³-hybridized carbons (Fsp3) is 0.188. The van der Waals surface area contributed by atoms with Gasteiger partial charge in [0.25, 0.3) is 0 Å². The number of benzene rings is 4. The minimum Gasteiger partial charge on any atom is -0.492 e. The Bertz CT molecular complexity index is 1460. The van der Waals surface area contributed by atoms with Crippen molar-refractivity contribution in [3.05, 3.63) is 119 Å². The highest BCUT2D eigenvalue weighted by molar-refractivity contribution is 6.18. The van der Waals surface area contributed by atoms with Crippen molar-refractivity contribution in [3.8, 4) is 22.8 Å². The van der Waals surface area contributed by atoms with Crippen molar-refractivity contribution in [3.63, 3.8) is 0 Å². The van der Waals surface area contributed by atoms with E-state index in [9.17, 15) is 0 Å². The fourth-order valence-electron chi connectivity index (χ4n) is 4.68. The van der Waals surface area contributed by atoms with Crippen molar-refractivity contribution in [2.75, 3.05) is 12.5 Å². The van der Waals surface area contributed by atoms with Crippen molar-refractivity contribution in [2.45, 2.75) is 27.0 Å². The van der Waals surface area contributed by atoms with Crippen LogP contribution in [0.2, 0.25) is 0 Å². The van der Waals surface area contributed by atoms with Gasteiger partial charge in [0, 0.05) is 23.0 Å². The second-order valence-electron chi connectivity index (χ2n) is 9.06. The number of fused-ring (bicyclic) bond motifs is 1. The summed E-state index contributed by atoms with van der Waals surface area (Å²) >= 11 is 5.76. The van der Waals surface area contributed by atoms with E-state index in [0.29, 0.717) is 19.1 Å². The summed E-state index contributed by atoms with van der Waals surface area (Å²) in [5, 5.41) is 1.28. The van der Waals surface area contributed by atoms with E-state index >= 15 is 0 Å². The van der Waals surface area contributed by atoms with E-state index in [1.54, 1.807) is 0 Å². The Hall–Kier alpha value is -3.69. The molecule has 0 spiro atoms. The highest BCUT2D eigenvalue weighted by atomic mass is 35.5. The molecule has 0 radical (unpaired) electrons. The molecule has 4 aromatic carbocycles. The molecule has 0 unspecified atom stereocenters. The molecule has 5 aromatic rings. The van der Waals surface area contributed by atoms with Gasteiger partial charge in [-0.1, -0.05) is 66.2 Å². The molecular weight excluding hydrogens is 466 g/mol. The van der Waals surface area contributed by atoms with E-state index in [-0.39, 0.29) is 0 Å². The topological polar surface area (TPSA) is 23.4 Å². The van der Waals surface area contributed by atoms with Crippen LogP contribution in [0.4, 0.5) is 0 Å². The minimum atomic E-state index is 0.479. The quantitative estimate of drug-likeness (QED) is 0.192. The average molecular weight is 496 g/mol. The molecule has 0 amide bonds. The van der Waals surface area contributed by atoms with Crippen LogP contribution >= 0.6 is 11.6 Å². The molecule has 1 aromatic heterocycles. The van der Waals surface area contributed by atoms with Crippen LogP contribution in [0, 0.1) is 13.8 Å². The second-order valence-corrected chi connectivity index (χ2v) is 9.44. The zero-order valence-corrected chi connectivity index (χ0v) is 21.5. The standard InChI is InChI=1S/C32H30ClNO2/c1-23-11-16-31-30(19-23)24(2)32(34(31)21-25-12-14-28(15-13-25)35-18-17-33)27-9-6-10-29(20-27)36-22-26-7-4-3-5-8-26/h3-16,19-20H,17-18,21-22H2,1-2H3. The zero-order chi connectivity index (χ0) is 24.9. The summed E-state index contributed by atoms with van der Waals surface area (Å²) in [5.41, 5.74) is 8.49. The normalized spacial score (nSPS) is 11.1. The molecule has 0 bridgehead atoms. The Labute approximate surface area is 217 Å². The number of hydrogen-bond donors (Lipinski definition) is 0. The first kappa shape index (κ1) is 24.0. The Kier molecular flexibility index (Phi) is 7.29. The van der Waals surface area contributed by atoms with Gasteiger partial charge in [0.2, 0.25) is 0 Å². The minimum absolute atomic E-state index is 0.479. The predicted molar refractivity (Wildman–Crippen MR) is 149 cm³/mol. The van der Waals surface area contributed by atoms with Gasteiger partial charge in [-0.3, -0.25) is 0 Å². The molecule has 4 heteroatoms. The lowest BCUT2D eigenvalue weighted by molar-refractivity contribution is 0.306. The van der Waals surface area contributed by atoms with Crippen LogP contribution in [0.5, 0.6) is 11.5 Å². The van der Waals surface area contributed by atoms with Gasteiger partial charge in [-0.2, -0.15) is 0 Å². The lowest BCUT2D eigenvalue weighted by atomic mass is 10.0. The second kappa shape index (κ2) is 10.9. The van der Waals surface area contributed by atoms with E-state index in [0.717, 1.165) is 29.2 Å². The van der Waals surface area contributed by atoms with Crippen LogP contribution in [0.3, 0.4) is 0 Å². The summed E-state index contributed by atoms with van der Waals surface area (Å²) in [6, 6.07) is 33.7. The monoisotopic (exact) mass is 495 g/mol. The van der Waals surface area contributed by atoms with Crippen LogP contribution in [0.25, 0.3) is 22.2 Å². The van der Waals surface area contributed by atoms with E-state index in [1.165, 1.54) is 33.3 Å². The summed E-state index contributed by atoms with van der Waals surface area (Å²) in [4.78, 5) is 0. The fourth-order valence-corrected chi connectivity index (χ4v) is 4.75. The van der Waals surface area contributed by atoms with Crippen molar-refractivity contribution >= 4 is 22.5 Å². The number of aryl methyl sites for hydroxylation is 2. The number of aromatic nitrogens is 1. The molecule has 182 valence electrons. The molecule has 0 aliphatic carbocycles. The highest BCUT2D eigenvalue weighted by Gasteiger charge is 2.17. The van der Waals surface area contributed by atoms with Gasteiger partial charge in [-0.15, -0.1) is 11.6 Å². The number of nitrogens with zero attached hydrogens (tertiary/aromatic N) is 1. The highest BCUT2D eigenvalue weighted by Crippen LogP contribution is 2.36. The first-order chi connectivity index (χ1) is 17.6. The van der Waals surface area contributed by atoms with Crippen molar-refractivity contribution < 1.29 is 9.47 Å². The molecule has 0 N–H and O–H groups in total.